The third kappa shape index (κ3) is 5.35. The fourth-order valence-electron chi connectivity index (χ4n) is 2.07. The zero-order chi connectivity index (χ0) is 14.1. The smallest absolute Gasteiger partial charge is 0.0925 e. The first-order valence-corrected chi connectivity index (χ1v) is 6.54. The van der Waals surface area contributed by atoms with Crippen molar-refractivity contribution in [1.29, 1.82) is 0 Å². The molecule has 0 aromatic carbocycles. The van der Waals surface area contributed by atoms with Gasteiger partial charge in [0.25, 0.3) is 0 Å². The van der Waals surface area contributed by atoms with Crippen molar-refractivity contribution in [2.45, 2.75) is 41.0 Å². The summed E-state index contributed by atoms with van der Waals surface area (Å²) in [5.41, 5.74) is 2.29. The van der Waals surface area contributed by atoms with Crippen LogP contribution in [0.3, 0.4) is 0 Å². The van der Waals surface area contributed by atoms with Crippen molar-refractivity contribution in [3.8, 4) is 0 Å². The van der Waals surface area contributed by atoms with Crippen LogP contribution in [0.2, 0.25) is 0 Å². The zero-order valence-electron chi connectivity index (χ0n) is 12.7. The highest BCUT2D eigenvalue weighted by molar-refractivity contribution is 5.55. The van der Waals surface area contributed by atoms with E-state index in [4.69, 9.17) is 4.74 Å². The molecule has 0 aliphatic carbocycles. The van der Waals surface area contributed by atoms with Crippen molar-refractivity contribution < 1.29 is 4.74 Å². The molecule has 0 saturated heterocycles. The molecule has 2 heteroatoms. The van der Waals surface area contributed by atoms with Crippen LogP contribution >= 0.6 is 0 Å². The molecule has 18 heavy (non-hydrogen) atoms. The summed E-state index contributed by atoms with van der Waals surface area (Å²) in [6, 6.07) is 0. The van der Waals surface area contributed by atoms with Crippen LogP contribution in [0.25, 0.3) is 0 Å². The Kier molecular flexibility index (Phi) is 8.10. The van der Waals surface area contributed by atoms with E-state index in [2.05, 4.69) is 32.3 Å². The van der Waals surface area contributed by atoms with Gasteiger partial charge in [-0.25, -0.2) is 0 Å². The fraction of sp³-hybridized carbons (Fsp3) is 0.562. The standard InChI is InChI=1S/C16H27NO/c1-8-15(12(3)4)14(6)16(17-9-2)11-10-13(5)18-7/h9-11,14-15H,3,8H2,1-2,4-7H3/b13-10+,16-11+,17-9-/t14-,15?/m0/s1. The molecule has 1 unspecified atom stereocenters. The van der Waals surface area contributed by atoms with E-state index in [0.717, 1.165) is 17.9 Å². The van der Waals surface area contributed by atoms with Crippen molar-refractivity contribution in [1.82, 2.24) is 0 Å². The summed E-state index contributed by atoms with van der Waals surface area (Å²) in [5, 5.41) is 0. The van der Waals surface area contributed by atoms with E-state index in [0.29, 0.717) is 11.8 Å². The summed E-state index contributed by atoms with van der Waals surface area (Å²) < 4.78 is 5.14. The molecule has 0 bridgehead atoms. The molecule has 0 N–H and O–H groups in total. The van der Waals surface area contributed by atoms with Crippen molar-refractivity contribution in [2.75, 3.05) is 7.11 Å². The van der Waals surface area contributed by atoms with Crippen molar-refractivity contribution >= 4 is 6.21 Å². The molecule has 0 aliphatic heterocycles. The lowest BCUT2D eigenvalue weighted by atomic mass is 9.84. The van der Waals surface area contributed by atoms with E-state index in [9.17, 15) is 0 Å². The van der Waals surface area contributed by atoms with Crippen LogP contribution in [0.1, 0.15) is 41.0 Å². The minimum Gasteiger partial charge on any atom is -0.501 e. The van der Waals surface area contributed by atoms with Crippen LogP contribution < -0.4 is 0 Å². The number of rotatable bonds is 7. The Balaban J connectivity index is 5.17. The third-order valence-corrected chi connectivity index (χ3v) is 3.23. The zero-order valence-corrected chi connectivity index (χ0v) is 12.7. The Morgan fingerprint density at radius 1 is 1.33 bits per heavy atom. The predicted molar refractivity (Wildman–Crippen MR) is 80.8 cm³/mol. The Morgan fingerprint density at radius 2 is 1.94 bits per heavy atom. The quantitative estimate of drug-likeness (QED) is 0.276. The molecule has 2 nitrogen and oxygen atoms in total. The van der Waals surface area contributed by atoms with Crippen molar-refractivity contribution in [3.63, 3.8) is 0 Å². The van der Waals surface area contributed by atoms with Gasteiger partial charge in [0.05, 0.1) is 12.9 Å². The maximum atomic E-state index is 5.14. The Labute approximate surface area is 112 Å². The number of allylic oxidation sites excluding steroid dienone is 5. The molecule has 0 heterocycles. The van der Waals surface area contributed by atoms with Crippen LogP contribution in [-0.2, 0) is 4.74 Å². The van der Waals surface area contributed by atoms with Crippen LogP contribution in [-0.4, -0.2) is 13.3 Å². The SMILES string of the molecule is C=C(C)C(CC)[C@H](C)C(=C\C=C(/C)OC)/N=C\C. The molecule has 0 saturated carbocycles. The molecule has 0 aromatic rings. The van der Waals surface area contributed by atoms with E-state index in [-0.39, 0.29) is 0 Å². The maximum absolute atomic E-state index is 5.14. The first-order chi connectivity index (χ1) is 8.47. The van der Waals surface area contributed by atoms with E-state index in [1.807, 2.05) is 32.2 Å². The van der Waals surface area contributed by atoms with Gasteiger partial charge in [-0.2, -0.15) is 0 Å². The number of ether oxygens (including phenoxy) is 1. The lowest BCUT2D eigenvalue weighted by molar-refractivity contribution is 0.293. The van der Waals surface area contributed by atoms with Gasteiger partial charge < -0.3 is 4.74 Å². The molecule has 0 radical (unpaired) electrons. The highest BCUT2D eigenvalue weighted by Crippen LogP contribution is 2.29. The van der Waals surface area contributed by atoms with Gasteiger partial charge in [-0.3, -0.25) is 4.99 Å². The first kappa shape index (κ1) is 16.7. The molecule has 0 fully saturated rings. The molecular weight excluding hydrogens is 222 g/mol. The van der Waals surface area contributed by atoms with E-state index in [1.54, 1.807) is 7.11 Å². The van der Waals surface area contributed by atoms with E-state index < -0.39 is 0 Å². The summed E-state index contributed by atoms with van der Waals surface area (Å²) in [6.45, 7) is 14.4. The van der Waals surface area contributed by atoms with Crippen molar-refractivity contribution in [2.24, 2.45) is 16.8 Å². The van der Waals surface area contributed by atoms with Gasteiger partial charge in [0.2, 0.25) is 0 Å². The Bertz CT molecular complexity index is 350. The minimum absolute atomic E-state index is 0.365. The van der Waals surface area contributed by atoms with Crippen molar-refractivity contribution in [3.05, 3.63) is 35.8 Å². The van der Waals surface area contributed by atoms with Crippen LogP contribution in [0.4, 0.5) is 0 Å². The summed E-state index contributed by atoms with van der Waals surface area (Å²) in [7, 11) is 1.68. The number of aliphatic imine (C=N–C) groups is 1. The Hall–Kier alpha value is -1.31. The predicted octanol–water partition coefficient (Wildman–Crippen LogP) is 4.75. The average molecular weight is 249 g/mol. The van der Waals surface area contributed by atoms with Crippen LogP contribution in [0.15, 0.2) is 40.8 Å². The minimum atomic E-state index is 0.365. The third-order valence-electron chi connectivity index (χ3n) is 3.23. The first-order valence-electron chi connectivity index (χ1n) is 6.54. The normalized spacial score (nSPS) is 16.8. The molecular formula is C16H27NO. The molecule has 0 spiro atoms. The van der Waals surface area contributed by atoms with Gasteiger partial charge in [-0.15, -0.1) is 0 Å². The number of hydrogen-bond donors (Lipinski definition) is 0. The summed E-state index contributed by atoms with van der Waals surface area (Å²) in [6.07, 6.45) is 6.92. The largest absolute Gasteiger partial charge is 0.501 e. The highest BCUT2D eigenvalue weighted by atomic mass is 16.5. The van der Waals surface area contributed by atoms with E-state index >= 15 is 0 Å². The van der Waals surface area contributed by atoms with Gasteiger partial charge >= 0.3 is 0 Å². The number of methoxy groups -OCH3 is 1. The van der Waals surface area contributed by atoms with Gasteiger partial charge in [0, 0.05) is 17.8 Å². The molecule has 0 rings (SSSR count). The molecule has 0 aromatic heterocycles. The van der Waals surface area contributed by atoms with Gasteiger partial charge in [-0.1, -0.05) is 26.0 Å². The topological polar surface area (TPSA) is 21.6 Å². The number of hydrogen-bond acceptors (Lipinski definition) is 2. The highest BCUT2D eigenvalue weighted by Gasteiger charge is 2.19. The molecule has 2 atom stereocenters. The monoisotopic (exact) mass is 249 g/mol. The van der Waals surface area contributed by atoms with Gasteiger partial charge in [0.15, 0.2) is 0 Å². The van der Waals surface area contributed by atoms with E-state index in [1.165, 1.54) is 5.57 Å². The fourth-order valence-corrected chi connectivity index (χ4v) is 2.07. The van der Waals surface area contributed by atoms with Crippen LogP contribution in [0, 0.1) is 11.8 Å². The second-order valence-electron chi connectivity index (χ2n) is 4.61. The lowest BCUT2D eigenvalue weighted by Gasteiger charge is -2.23. The second-order valence-corrected chi connectivity index (χ2v) is 4.61. The summed E-state index contributed by atoms with van der Waals surface area (Å²) in [4.78, 5) is 4.48. The maximum Gasteiger partial charge on any atom is 0.0925 e. The lowest BCUT2D eigenvalue weighted by Crippen LogP contribution is -2.13. The summed E-state index contributed by atoms with van der Waals surface area (Å²) >= 11 is 0. The average Bonchev–Trinajstić information content (AvgIpc) is 2.34. The van der Waals surface area contributed by atoms with Gasteiger partial charge in [0.1, 0.15) is 0 Å². The number of nitrogens with zero attached hydrogens (tertiary/aromatic N) is 1. The molecule has 0 aliphatic rings. The molecule has 102 valence electrons. The Morgan fingerprint density at radius 3 is 2.33 bits per heavy atom. The van der Waals surface area contributed by atoms with Crippen LogP contribution in [0.5, 0.6) is 0 Å². The molecule has 0 amide bonds. The summed E-state index contributed by atoms with van der Waals surface area (Å²) in [5.74, 6) is 1.72. The second kappa shape index (κ2) is 8.73. The van der Waals surface area contributed by atoms with Gasteiger partial charge in [-0.05, 0) is 45.3 Å².